The zero-order chi connectivity index (χ0) is 26.1. The van der Waals surface area contributed by atoms with E-state index in [1.807, 2.05) is 6.92 Å². The molecular formula is C26H32N4O5S. The molecule has 2 aromatic heterocycles. The van der Waals surface area contributed by atoms with Gasteiger partial charge in [-0.05, 0) is 49.1 Å². The van der Waals surface area contributed by atoms with E-state index >= 15 is 0 Å². The number of phenolic OH excluding ortho intramolecular Hbond substituents is 1. The summed E-state index contributed by atoms with van der Waals surface area (Å²) in [6.07, 6.45) is 3.78. The molecule has 3 rings (SSSR count). The van der Waals surface area contributed by atoms with E-state index in [1.54, 1.807) is 30.5 Å². The summed E-state index contributed by atoms with van der Waals surface area (Å²) < 4.78 is 5.47. The van der Waals surface area contributed by atoms with E-state index < -0.39 is 6.04 Å². The Morgan fingerprint density at radius 2 is 1.89 bits per heavy atom. The smallest absolute Gasteiger partial charge is 0.247 e. The fourth-order valence-electron chi connectivity index (χ4n) is 3.56. The van der Waals surface area contributed by atoms with Crippen LogP contribution >= 0.6 is 11.3 Å². The number of thiazole rings is 1. The number of aromatic nitrogens is 1. The number of aromatic hydroxyl groups is 1. The Morgan fingerprint density at radius 1 is 1.14 bits per heavy atom. The second kappa shape index (κ2) is 12.9. The number of nitrogens with zero attached hydrogens (tertiary/aromatic N) is 2. The Morgan fingerprint density at radius 3 is 2.50 bits per heavy atom. The van der Waals surface area contributed by atoms with Gasteiger partial charge < -0.3 is 25.1 Å². The van der Waals surface area contributed by atoms with Crippen molar-refractivity contribution in [1.82, 2.24) is 15.2 Å². The molecule has 2 heterocycles. The van der Waals surface area contributed by atoms with Crippen LogP contribution in [0.25, 0.3) is 0 Å². The highest BCUT2D eigenvalue weighted by atomic mass is 32.1. The summed E-state index contributed by atoms with van der Waals surface area (Å²) in [5, 5.41) is 15.9. The van der Waals surface area contributed by atoms with Gasteiger partial charge in [0.05, 0.1) is 12.8 Å². The van der Waals surface area contributed by atoms with Crippen molar-refractivity contribution in [2.24, 2.45) is 5.92 Å². The monoisotopic (exact) mass is 512 g/mol. The molecule has 1 atom stereocenters. The van der Waals surface area contributed by atoms with Crippen LogP contribution in [0.2, 0.25) is 0 Å². The number of hydrogen-bond acceptors (Lipinski definition) is 7. The maximum absolute atomic E-state index is 13.5. The molecule has 0 radical (unpaired) electrons. The lowest BCUT2D eigenvalue weighted by molar-refractivity contribution is -0.142. The zero-order valence-electron chi connectivity index (χ0n) is 20.7. The van der Waals surface area contributed by atoms with Crippen molar-refractivity contribution in [3.8, 4) is 5.75 Å². The van der Waals surface area contributed by atoms with Gasteiger partial charge in [-0.2, -0.15) is 0 Å². The Bertz CT molecular complexity index is 1140. The van der Waals surface area contributed by atoms with Crippen LogP contribution in [0.15, 0.2) is 53.3 Å². The number of carbonyl (C=O) groups excluding carboxylic acids is 3. The zero-order valence-corrected chi connectivity index (χ0v) is 21.5. The molecule has 0 aliphatic carbocycles. The lowest BCUT2D eigenvalue weighted by Gasteiger charge is -2.31. The van der Waals surface area contributed by atoms with Crippen molar-refractivity contribution >= 4 is 34.2 Å². The molecule has 1 unspecified atom stereocenters. The summed E-state index contributed by atoms with van der Waals surface area (Å²) in [7, 11) is 0. The van der Waals surface area contributed by atoms with Crippen molar-refractivity contribution in [3.05, 3.63) is 65.1 Å². The fourth-order valence-corrected chi connectivity index (χ4v) is 4.24. The van der Waals surface area contributed by atoms with Crippen LogP contribution in [0, 0.1) is 12.8 Å². The molecule has 0 bridgehead atoms. The first-order chi connectivity index (χ1) is 17.2. The normalized spacial score (nSPS) is 11.8. The van der Waals surface area contributed by atoms with E-state index in [-0.39, 0.29) is 42.9 Å². The highest BCUT2D eigenvalue weighted by Crippen LogP contribution is 2.27. The molecule has 3 aromatic rings. The SMILES string of the molecule is Cc1cnc(NC(=O)CCC(=O)N(Cc2ccco2)C(C(=O)NCCC(C)C)c2ccc(O)cc2)s1. The number of rotatable bonds is 12. The maximum atomic E-state index is 13.5. The first-order valence-electron chi connectivity index (χ1n) is 11.8. The molecule has 0 aliphatic heterocycles. The third-order valence-electron chi connectivity index (χ3n) is 5.45. The van der Waals surface area contributed by atoms with Gasteiger partial charge in [0.15, 0.2) is 5.13 Å². The van der Waals surface area contributed by atoms with Gasteiger partial charge in [0.1, 0.15) is 17.6 Å². The molecule has 9 nitrogen and oxygen atoms in total. The number of hydrogen-bond donors (Lipinski definition) is 3. The molecule has 3 amide bonds. The number of nitrogens with one attached hydrogen (secondary N) is 2. The van der Waals surface area contributed by atoms with Crippen LogP contribution in [-0.4, -0.2) is 39.3 Å². The topological polar surface area (TPSA) is 125 Å². The third kappa shape index (κ3) is 7.94. The highest BCUT2D eigenvalue weighted by molar-refractivity contribution is 7.15. The molecule has 36 heavy (non-hydrogen) atoms. The summed E-state index contributed by atoms with van der Waals surface area (Å²) in [6, 6.07) is 8.64. The van der Waals surface area contributed by atoms with Crippen molar-refractivity contribution in [2.75, 3.05) is 11.9 Å². The quantitative estimate of drug-likeness (QED) is 0.330. The average molecular weight is 513 g/mol. The van der Waals surface area contributed by atoms with Gasteiger partial charge in [0, 0.05) is 30.5 Å². The van der Waals surface area contributed by atoms with E-state index in [4.69, 9.17) is 4.42 Å². The molecule has 0 spiro atoms. The predicted molar refractivity (Wildman–Crippen MR) is 137 cm³/mol. The molecule has 192 valence electrons. The average Bonchev–Trinajstić information content (AvgIpc) is 3.49. The van der Waals surface area contributed by atoms with Gasteiger partial charge >= 0.3 is 0 Å². The number of aryl methyl sites for hydroxylation is 1. The molecular weight excluding hydrogens is 480 g/mol. The molecule has 0 aliphatic rings. The van der Waals surface area contributed by atoms with E-state index in [0.717, 1.165) is 11.3 Å². The lowest BCUT2D eigenvalue weighted by Crippen LogP contribution is -2.44. The van der Waals surface area contributed by atoms with Crippen LogP contribution < -0.4 is 10.6 Å². The van der Waals surface area contributed by atoms with Crippen molar-refractivity contribution in [3.63, 3.8) is 0 Å². The largest absolute Gasteiger partial charge is 0.508 e. The summed E-state index contributed by atoms with van der Waals surface area (Å²) >= 11 is 1.35. The Kier molecular flexibility index (Phi) is 9.63. The number of furan rings is 1. The molecule has 0 saturated heterocycles. The minimum Gasteiger partial charge on any atom is -0.508 e. The van der Waals surface area contributed by atoms with Crippen molar-refractivity contribution in [1.29, 1.82) is 0 Å². The standard InChI is InChI=1S/C26H32N4O5S/c1-17(2)12-13-27-25(34)24(19-6-8-20(31)9-7-19)30(16-21-5-4-14-35-21)23(33)11-10-22(32)29-26-28-15-18(3)36-26/h4-9,14-15,17,24,31H,10-13,16H2,1-3H3,(H,27,34)(H,28,29,32). The Hall–Kier alpha value is -3.66. The molecule has 0 saturated carbocycles. The van der Waals surface area contributed by atoms with E-state index in [0.29, 0.717) is 28.9 Å². The minimum absolute atomic E-state index is 0.0439. The summed E-state index contributed by atoms with van der Waals surface area (Å²) in [4.78, 5) is 45.8. The van der Waals surface area contributed by atoms with Gasteiger partial charge in [0.2, 0.25) is 17.7 Å². The molecule has 1 aromatic carbocycles. The lowest BCUT2D eigenvalue weighted by atomic mass is 10.0. The number of benzene rings is 1. The van der Waals surface area contributed by atoms with Crippen LogP contribution in [0.3, 0.4) is 0 Å². The second-order valence-corrected chi connectivity index (χ2v) is 10.1. The Labute approximate surface area is 214 Å². The van der Waals surface area contributed by atoms with Gasteiger partial charge in [-0.1, -0.05) is 26.0 Å². The van der Waals surface area contributed by atoms with Gasteiger partial charge in [-0.15, -0.1) is 11.3 Å². The number of anilines is 1. The first kappa shape index (κ1) is 26.9. The highest BCUT2D eigenvalue weighted by Gasteiger charge is 2.32. The summed E-state index contributed by atoms with van der Waals surface area (Å²) in [6.45, 7) is 6.52. The van der Waals surface area contributed by atoms with E-state index in [2.05, 4.69) is 29.5 Å². The first-order valence-corrected chi connectivity index (χ1v) is 12.7. The van der Waals surface area contributed by atoms with Crippen molar-refractivity contribution in [2.45, 2.75) is 52.6 Å². The molecule has 3 N–H and O–H groups in total. The predicted octanol–water partition coefficient (Wildman–Crippen LogP) is 4.40. The summed E-state index contributed by atoms with van der Waals surface area (Å²) in [5.41, 5.74) is 0.539. The second-order valence-electron chi connectivity index (χ2n) is 8.89. The van der Waals surface area contributed by atoms with Crippen molar-refractivity contribution < 1.29 is 23.9 Å². The van der Waals surface area contributed by atoms with Crippen LogP contribution in [0.4, 0.5) is 5.13 Å². The number of phenols is 1. The third-order valence-corrected chi connectivity index (χ3v) is 6.28. The Balaban J connectivity index is 1.81. The minimum atomic E-state index is -0.972. The molecule has 0 fully saturated rings. The maximum Gasteiger partial charge on any atom is 0.247 e. The number of carbonyl (C=O) groups is 3. The van der Waals surface area contributed by atoms with Crippen LogP contribution in [0.1, 0.15) is 55.4 Å². The van der Waals surface area contributed by atoms with E-state index in [9.17, 15) is 19.5 Å². The number of amides is 3. The van der Waals surface area contributed by atoms with Gasteiger partial charge in [-0.3, -0.25) is 14.4 Å². The van der Waals surface area contributed by atoms with Gasteiger partial charge in [0.25, 0.3) is 0 Å². The fraction of sp³-hybridized carbons (Fsp3) is 0.385. The molecule has 10 heteroatoms. The van der Waals surface area contributed by atoms with Crippen LogP contribution in [0.5, 0.6) is 5.75 Å². The van der Waals surface area contributed by atoms with Gasteiger partial charge in [-0.25, -0.2) is 4.98 Å². The van der Waals surface area contributed by atoms with Crippen LogP contribution in [-0.2, 0) is 20.9 Å². The summed E-state index contributed by atoms with van der Waals surface area (Å²) in [5.74, 6) is -0.102. The van der Waals surface area contributed by atoms with E-state index in [1.165, 1.54) is 34.6 Å².